The average molecular weight is 372 g/mol. The Morgan fingerprint density at radius 1 is 1.35 bits per heavy atom. The molecular weight excluding hydrogens is 358 g/mol. The molecule has 122 valence electrons. The second-order valence-corrected chi connectivity index (χ2v) is 7.82. The number of nitrogens with zero attached hydrogens (tertiary/aromatic N) is 2. The van der Waals surface area contributed by atoms with Crippen LogP contribution in [0.3, 0.4) is 0 Å². The van der Waals surface area contributed by atoms with Crippen LogP contribution >= 0.6 is 22.9 Å². The fourth-order valence-corrected chi connectivity index (χ4v) is 3.47. The van der Waals surface area contributed by atoms with Gasteiger partial charge in [0.2, 0.25) is 10.0 Å². The second kappa shape index (κ2) is 7.58. The Morgan fingerprint density at radius 2 is 2.09 bits per heavy atom. The Morgan fingerprint density at radius 3 is 2.70 bits per heavy atom. The van der Waals surface area contributed by atoms with E-state index in [1.165, 1.54) is 23.6 Å². The van der Waals surface area contributed by atoms with Crippen molar-refractivity contribution >= 4 is 50.8 Å². The van der Waals surface area contributed by atoms with Crippen molar-refractivity contribution in [1.82, 2.24) is 5.43 Å². The Bertz CT molecular complexity index is 804. The molecule has 0 saturated heterocycles. The van der Waals surface area contributed by atoms with Crippen LogP contribution in [0, 0.1) is 0 Å². The van der Waals surface area contributed by atoms with Crippen molar-refractivity contribution in [3.8, 4) is 0 Å². The van der Waals surface area contributed by atoms with E-state index in [9.17, 15) is 13.2 Å². The quantitative estimate of drug-likeness (QED) is 0.625. The van der Waals surface area contributed by atoms with Crippen LogP contribution in [0.25, 0.3) is 0 Å². The first kappa shape index (κ1) is 17.5. The molecule has 1 amide bonds. The Hall–Kier alpha value is -1.90. The molecule has 0 aliphatic carbocycles. The number of hydrogen-bond acceptors (Lipinski definition) is 5. The molecule has 0 saturated carbocycles. The fourth-order valence-electron chi connectivity index (χ4n) is 1.73. The van der Waals surface area contributed by atoms with E-state index in [0.29, 0.717) is 0 Å². The van der Waals surface area contributed by atoms with Crippen molar-refractivity contribution in [2.24, 2.45) is 5.10 Å². The molecule has 0 aliphatic heterocycles. The molecule has 0 fully saturated rings. The number of hydrazone groups is 1. The smallest absolute Gasteiger partial charge is 0.260 e. The summed E-state index contributed by atoms with van der Waals surface area (Å²) in [5.41, 5.74) is 2.55. The normalized spacial score (nSPS) is 11.6. The van der Waals surface area contributed by atoms with Crippen molar-refractivity contribution in [1.29, 1.82) is 0 Å². The number of benzene rings is 1. The second-order valence-electron chi connectivity index (χ2n) is 4.53. The molecule has 1 aromatic heterocycles. The van der Waals surface area contributed by atoms with Crippen molar-refractivity contribution in [3.63, 3.8) is 0 Å². The van der Waals surface area contributed by atoms with Gasteiger partial charge >= 0.3 is 0 Å². The molecular formula is C14H14ClN3O3S2. The van der Waals surface area contributed by atoms with Gasteiger partial charge in [-0.2, -0.15) is 5.10 Å². The molecule has 0 spiro atoms. The van der Waals surface area contributed by atoms with Crippen molar-refractivity contribution in [2.45, 2.75) is 0 Å². The minimum Gasteiger partial charge on any atom is -0.271 e. The number of carbonyl (C=O) groups is 1. The van der Waals surface area contributed by atoms with E-state index in [1.807, 2.05) is 17.5 Å². The maximum atomic E-state index is 11.9. The van der Waals surface area contributed by atoms with E-state index in [4.69, 9.17) is 11.6 Å². The topological polar surface area (TPSA) is 78.8 Å². The van der Waals surface area contributed by atoms with Crippen molar-refractivity contribution in [3.05, 3.63) is 51.7 Å². The number of carbonyl (C=O) groups excluding carboxylic acids is 1. The molecule has 2 aromatic rings. The zero-order chi connectivity index (χ0) is 16.9. The maximum Gasteiger partial charge on any atom is 0.260 e. The molecule has 6 nitrogen and oxygen atoms in total. The SMILES string of the molecule is CS(=O)(=O)N(CC(=O)N/N=C\c1cccs1)c1ccccc1Cl. The summed E-state index contributed by atoms with van der Waals surface area (Å²) in [5, 5.41) is 5.92. The highest BCUT2D eigenvalue weighted by Crippen LogP contribution is 2.26. The number of halogens is 1. The van der Waals surface area contributed by atoms with Gasteiger partial charge in [-0.15, -0.1) is 11.3 Å². The number of amides is 1. The number of rotatable bonds is 6. The highest BCUT2D eigenvalue weighted by molar-refractivity contribution is 7.92. The van der Waals surface area contributed by atoms with Gasteiger partial charge in [-0.25, -0.2) is 13.8 Å². The van der Waals surface area contributed by atoms with E-state index in [1.54, 1.807) is 18.2 Å². The molecule has 2 rings (SSSR count). The van der Waals surface area contributed by atoms with E-state index in [-0.39, 0.29) is 10.7 Å². The summed E-state index contributed by atoms with van der Waals surface area (Å²) >= 11 is 7.48. The zero-order valence-corrected chi connectivity index (χ0v) is 14.5. The monoisotopic (exact) mass is 371 g/mol. The van der Waals surface area contributed by atoms with Crippen molar-refractivity contribution in [2.75, 3.05) is 17.1 Å². The number of nitrogens with one attached hydrogen (secondary N) is 1. The summed E-state index contributed by atoms with van der Waals surface area (Å²) in [5.74, 6) is -0.567. The van der Waals surface area contributed by atoms with Crippen LogP contribution in [0.15, 0.2) is 46.9 Å². The van der Waals surface area contributed by atoms with E-state index in [0.717, 1.165) is 15.4 Å². The predicted molar refractivity (Wildman–Crippen MR) is 93.7 cm³/mol. The number of hydrogen-bond donors (Lipinski definition) is 1. The van der Waals surface area contributed by atoms with Gasteiger partial charge in [0.1, 0.15) is 6.54 Å². The lowest BCUT2D eigenvalue weighted by Crippen LogP contribution is -2.39. The maximum absolute atomic E-state index is 11.9. The molecule has 23 heavy (non-hydrogen) atoms. The summed E-state index contributed by atoms with van der Waals surface area (Å²) in [7, 11) is -3.67. The molecule has 1 aromatic carbocycles. The highest BCUT2D eigenvalue weighted by Gasteiger charge is 2.22. The first-order valence-electron chi connectivity index (χ1n) is 6.45. The number of anilines is 1. The van der Waals surface area contributed by atoms with Crippen LogP contribution in [-0.2, 0) is 14.8 Å². The standard InChI is InChI=1S/C14H14ClN3O3S2/c1-23(20,21)18(13-7-3-2-6-12(13)15)10-14(19)17-16-9-11-5-4-8-22-11/h2-9H,10H2,1H3,(H,17,19)/b16-9-. The lowest BCUT2D eigenvalue weighted by Gasteiger charge is -2.22. The summed E-state index contributed by atoms with van der Waals surface area (Å²) in [6.45, 7) is -0.412. The highest BCUT2D eigenvalue weighted by atomic mass is 35.5. The summed E-state index contributed by atoms with van der Waals surface area (Å²) in [6.07, 6.45) is 2.50. The summed E-state index contributed by atoms with van der Waals surface area (Å²) < 4.78 is 24.8. The molecule has 9 heteroatoms. The third kappa shape index (κ3) is 5.05. The van der Waals surface area contributed by atoms with Gasteiger partial charge in [0.25, 0.3) is 5.91 Å². The zero-order valence-electron chi connectivity index (χ0n) is 12.1. The Kier molecular flexibility index (Phi) is 5.75. The van der Waals surface area contributed by atoms with Crippen LogP contribution in [0.1, 0.15) is 4.88 Å². The fraction of sp³-hybridized carbons (Fsp3) is 0.143. The Balaban J connectivity index is 2.10. The number of thiophene rings is 1. The molecule has 1 N–H and O–H groups in total. The first-order chi connectivity index (χ1) is 10.9. The van der Waals surface area contributed by atoms with Gasteiger partial charge in [-0.05, 0) is 23.6 Å². The van der Waals surface area contributed by atoms with Gasteiger partial charge in [0, 0.05) is 4.88 Å². The van der Waals surface area contributed by atoms with Crippen LogP contribution in [0.4, 0.5) is 5.69 Å². The van der Waals surface area contributed by atoms with Gasteiger partial charge in [-0.1, -0.05) is 29.8 Å². The largest absolute Gasteiger partial charge is 0.271 e. The molecule has 0 radical (unpaired) electrons. The van der Waals surface area contributed by atoms with Crippen LogP contribution < -0.4 is 9.73 Å². The average Bonchev–Trinajstić information content (AvgIpc) is 2.98. The lowest BCUT2D eigenvalue weighted by molar-refractivity contribution is -0.119. The minimum atomic E-state index is -3.67. The lowest BCUT2D eigenvalue weighted by atomic mass is 10.3. The van der Waals surface area contributed by atoms with Gasteiger partial charge < -0.3 is 0 Å². The summed E-state index contributed by atoms with van der Waals surface area (Å²) in [4.78, 5) is 12.8. The van der Waals surface area contributed by atoms with E-state index in [2.05, 4.69) is 10.5 Å². The minimum absolute atomic E-state index is 0.243. The molecule has 1 heterocycles. The van der Waals surface area contributed by atoms with E-state index < -0.39 is 22.5 Å². The molecule has 0 bridgehead atoms. The molecule has 0 unspecified atom stereocenters. The summed E-state index contributed by atoms with van der Waals surface area (Å²) in [6, 6.07) is 10.1. The van der Waals surface area contributed by atoms with Crippen molar-refractivity contribution < 1.29 is 13.2 Å². The third-order valence-electron chi connectivity index (χ3n) is 2.73. The van der Waals surface area contributed by atoms with Crippen LogP contribution in [-0.4, -0.2) is 33.3 Å². The molecule has 0 atom stereocenters. The van der Waals surface area contributed by atoms with E-state index >= 15 is 0 Å². The van der Waals surface area contributed by atoms with Crippen LogP contribution in [0.2, 0.25) is 5.02 Å². The number of sulfonamides is 1. The first-order valence-corrected chi connectivity index (χ1v) is 9.56. The van der Waals surface area contributed by atoms with Crippen LogP contribution in [0.5, 0.6) is 0 Å². The third-order valence-corrected chi connectivity index (χ3v) is 4.99. The Labute approximate surface area is 143 Å². The number of para-hydroxylation sites is 1. The van der Waals surface area contributed by atoms with Gasteiger partial charge in [0.15, 0.2) is 0 Å². The van der Waals surface area contributed by atoms with Gasteiger partial charge in [-0.3, -0.25) is 9.10 Å². The predicted octanol–water partition coefficient (Wildman–Crippen LogP) is 2.32. The molecule has 0 aliphatic rings. The van der Waals surface area contributed by atoms with Gasteiger partial charge in [0.05, 0.1) is 23.2 Å².